The molecule has 0 saturated carbocycles. The maximum absolute atomic E-state index is 11.6. The molecule has 3 heterocycles. The second kappa shape index (κ2) is 6.75. The average Bonchev–Trinajstić information content (AvgIpc) is 3.12. The molecule has 9 nitrogen and oxygen atoms in total. The highest BCUT2D eigenvalue weighted by molar-refractivity contribution is 6.30. The maximum Gasteiger partial charge on any atom is 0.409 e. The quantitative estimate of drug-likeness (QED) is 0.676. The van der Waals surface area contributed by atoms with Gasteiger partial charge in [-0.05, 0) is 24.3 Å². The predicted octanol–water partition coefficient (Wildman–Crippen LogP) is 1.75. The van der Waals surface area contributed by atoms with E-state index < -0.39 is 0 Å². The minimum Gasteiger partial charge on any atom is -0.453 e. The third kappa shape index (κ3) is 2.90. The Kier molecular flexibility index (Phi) is 4.29. The molecule has 4 rings (SSSR count). The van der Waals surface area contributed by atoms with E-state index in [1.165, 1.54) is 13.4 Å². The number of hydrogen-bond donors (Lipinski definition) is 0. The zero-order chi connectivity index (χ0) is 18.1. The number of rotatable bonds is 2. The molecule has 1 saturated heterocycles. The smallest absolute Gasteiger partial charge is 0.409 e. The molecule has 0 aliphatic carbocycles. The third-order valence-electron chi connectivity index (χ3n) is 4.30. The van der Waals surface area contributed by atoms with Crippen molar-refractivity contribution in [3.63, 3.8) is 0 Å². The minimum atomic E-state index is -0.314. The van der Waals surface area contributed by atoms with Gasteiger partial charge in [0.15, 0.2) is 17.0 Å². The lowest BCUT2D eigenvalue weighted by molar-refractivity contribution is 0.121. The zero-order valence-corrected chi connectivity index (χ0v) is 14.8. The van der Waals surface area contributed by atoms with Crippen molar-refractivity contribution in [3.05, 3.63) is 35.6 Å². The summed E-state index contributed by atoms with van der Waals surface area (Å²) in [6, 6.07) is 7.29. The Morgan fingerprint density at radius 2 is 1.85 bits per heavy atom. The van der Waals surface area contributed by atoms with Crippen LogP contribution in [0.4, 0.5) is 10.6 Å². The molecule has 0 atom stereocenters. The van der Waals surface area contributed by atoms with Crippen LogP contribution in [0.25, 0.3) is 16.9 Å². The fraction of sp³-hybridized carbons (Fsp3) is 0.312. The Balaban J connectivity index is 1.64. The van der Waals surface area contributed by atoms with E-state index in [9.17, 15) is 4.79 Å². The number of methoxy groups -OCH3 is 1. The summed E-state index contributed by atoms with van der Waals surface area (Å²) in [5.74, 6) is 0.708. The third-order valence-corrected chi connectivity index (χ3v) is 4.55. The number of piperazine rings is 1. The molecule has 0 spiro atoms. The predicted molar refractivity (Wildman–Crippen MR) is 95.7 cm³/mol. The second-order valence-electron chi connectivity index (χ2n) is 5.79. The largest absolute Gasteiger partial charge is 0.453 e. The fourth-order valence-electron chi connectivity index (χ4n) is 2.95. The van der Waals surface area contributed by atoms with Gasteiger partial charge < -0.3 is 14.5 Å². The molecule has 1 aliphatic heterocycles. The van der Waals surface area contributed by atoms with Crippen LogP contribution in [0.1, 0.15) is 0 Å². The lowest BCUT2D eigenvalue weighted by atomic mass is 10.3. The van der Waals surface area contributed by atoms with Gasteiger partial charge in [0.2, 0.25) is 0 Å². The second-order valence-corrected chi connectivity index (χ2v) is 6.23. The van der Waals surface area contributed by atoms with Crippen molar-refractivity contribution in [2.24, 2.45) is 0 Å². The SMILES string of the molecule is COC(=O)N1CCN(c2ncnc3c2nnn3-c2ccc(Cl)cc2)CC1. The zero-order valence-electron chi connectivity index (χ0n) is 14.0. The van der Waals surface area contributed by atoms with E-state index in [-0.39, 0.29) is 6.09 Å². The average molecular weight is 374 g/mol. The summed E-state index contributed by atoms with van der Waals surface area (Å²) in [7, 11) is 1.39. The highest BCUT2D eigenvalue weighted by atomic mass is 35.5. The molecule has 134 valence electrons. The molecule has 1 fully saturated rings. The van der Waals surface area contributed by atoms with E-state index in [0.717, 1.165) is 5.69 Å². The van der Waals surface area contributed by atoms with Crippen LogP contribution in [0.15, 0.2) is 30.6 Å². The molecule has 0 unspecified atom stereocenters. The number of fused-ring (bicyclic) bond motifs is 1. The lowest BCUT2D eigenvalue weighted by Gasteiger charge is -2.34. The summed E-state index contributed by atoms with van der Waals surface area (Å²) >= 11 is 5.95. The number of amides is 1. The van der Waals surface area contributed by atoms with Gasteiger partial charge in [0, 0.05) is 31.2 Å². The van der Waals surface area contributed by atoms with Crippen molar-refractivity contribution in [3.8, 4) is 5.69 Å². The van der Waals surface area contributed by atoms with Crippen molar-refractivity contribution < 1.29 is 9.53 Å². The molecule has 10 heteroatoms. The molecule has 1 aromatic carbocycles. The van der Waals surface area contributed by atoms with Crippen LogP contribution >= 0.6 is 11.6 Å². The highest BCUT2D eigenvalue weighted by Gasteiger charge is 2.25. The molecule has 0 bridgehead atoms. The van der Waals surface area contributed by atoms with Gasteiger partial charge in [-0.15, -0.1) is 5.10 Å². The summed E-state index contributed by atoms with van der Waals surface area (Å²) in [5, 5.41) is 9.14. The number of nitrogens with zero attached hydrogens (tertiary/aromatic N) is 7. The number of benzene rings is 1. The van der Waals surface area contributed by atoms with Crippen molar-refractivity contribution in [2.75, 3.05) is 38.2 Å². The first-order chi connectivity index (χ1) is 12.7. The molecule has 0 N–H and O–H groups in total. The van der Waals surface area contributed by atoms with E-state index in [0.29, 0.717) is 48.2 Å². The summed E-state index contributed by atoms with van der Waals surface area (Å²) in [5.41, 5.74) is 2.05. The first-order valence-corrected chi connectivity index (χ1v) is 8.45. The number of halogens is 1. The number of aromatic nitrogens is 5. The van der Waals surface area contributed by atoms with E-state index in [1.54, 1.807) is 21.7 Å². The minimum absolute atomic E-state index is 0.314. The van der Waals surface area contributed by atoms with Gasteiger partial charge in [-0.3, -0.25) is 0 Å². The Labute approximate surface area is 154 Å². The number of carbonyl (C=O) groups excluding carboxylic acids is 1. The molecule has 1 amide bonds. The molecule has 1 aliphatic rings. The van der Waals surface area contributed by atoms with Crippen LogP contribution in [0, 0.1) is 0 Å². The van der Waals surface area contributed by atoms with Crippen molar-refractivity contribution >= 4 is 34.7 Å². The highest BCUT2D eigenvalue weighted by Crippen LogP contribution is 2.24. The summed E-state index contributed by atoms with van der Waals surface area (Å²) in [6.07, 6.45) is 1.19. The monoisotopic (exact) mass is 373 g/mol. The van der Waals surface area contributed by atoms with Crippen molar-refractivity contribution in [1.29, 1.82) is 0 Å². The van der Waals surface area contributed by atoms with Gasteiger partial charge in [-0.1, -0.05) is 16.8 Å². The molecule has 0 radical (unpaired) electrons. The van der Waals surface area contributed by atoms with E-state index in [2.05, 4.69) is 25.2 Å². The van der Waals surface area contributed by atoms with Gasteiger partial charge in [0.25, 0.3) is 0 Å². The molecular formula is C16H16ClN7O2. The molecule has 2 aromatic heterocycles. The Hall–Kier alpha value is -2.94. The van der Waals surface area contributed by atoms with E-state index >= 15 is 0 Å². The van der Waals surface area contributed by atoms with Crippen LogP contribution in [0.2, 0.25) is 5.02 Å². The van der Waals surface area contributed by atoms with Crippen LogP contribution in [-0.4, -0.2) is 69.2 Å². The summed E-state index contributed by atoms with van der Waals surface area (Å²) in [6.45, 7) is 2.39. The van der Waals surface area contributed by atoms with Gasteiger partial charge >= 0.3 is 6.09 Å². The van der Waals surface area contributed by atoms with Crippen molar-refractivity contribution in [1.82, 2.24) is 29.9 Å². The first-order valence-electron chi connectivity index (χ1n) is 8.07. The van der Waals surface area contributed by atoms with E-state index in [1.807, 2.05) is 12.1 Å². The molecular weight excluding hydrogens is 358 g/mol. The van der Waals surface area contributed by atoms with Crippen LogP contribution in [-0.2, 0) is 4.74 Å². The van der Waals surface area contributed by atoms with Gasteiger partial charge in [0.05, 0.1) is 12.8 Å². The molecule has 26 heavy (non-hydrogen) atoms. The number of hydrogen-bond acceptors (Lipinski definition) is 7. The number of anilines is 1. The fourth-order valence-corrected chi connectivity index (χ4v) is 3.08. The maximum atomic E-state index is 11.6. The Bertz CT molecular complexity index is 935. The van der Waals surface area contributed by atoms with Crippen LogP contribution in [0.5, 0.6) is 0 Å². The lowest BCUT2D eigenvalue weighted by Crippen LogP contribution is -2.49. The summed E-state index contributed by atoms with van der Waals surface area (Å²) in [4.78, 5) is 24.1. The number of ether oxygens (including phenoxy) is 1. The van der Waals surface area contributed by atoms with Gasteiger partial charge in [0.1, 0.15) is 6.33 Å². The topological polar surface area (TPSA) is 89.3 Å². The van der Waals surface area contributed by atoms with Gasteiger partial charge in [-0.2, -0.15) is 4.68 Å². The van der Waals surface area contributed by atoms with E-state index in [4.69, 9.17) is 16.3 Å². The van der Waals surface area contributed by atoms with Crippen LogP contribution in [0.3, 0.4) is 0 Å². The normalized spacial score (nSPS) is 14.7. The Morgan fingerprint density at radius 1 is 1.12 bits per heavy atom. The van der Waals surface area contributed by atoms with Crippen molar-refractivity contribution in [2.45, 2.75) is 0 Å². The van der Waals surface area contributed by atoms with Crippen LogP contribution < -0.4 is 4.90 Å². The Morgan fingerprint density at radius 3 is 2.54 bits per heavy atom. The molecule has 3 aromatic rings. The first kappa shape index (κ1) is 16.5. The summed E-state index contributed by atoms with van der Waals surface area (Å²) < 4.78 is 6.42. The van der Waals surface area contributed by atoms with Gasteiger partial charge in [-0.25, -0.2) is 14.8 Å². The standard InChI is InChI=1S/C16H16ClN7O2/c1-26-16(25)23-8-6-22(7-9-23)14-13-15(19-10-18-14)24(21-20-13)12-4-2-11(17)3-5-12/h2-5,10H,6-9H2,1H3. The number of carbonyl (C=O) groups is 1.